The molecule has 52 valence electrons. The lowest BCUT2D eigenvalue weighted by Crippen LogP contribution is -2.32. The van der Waals surface area contributed by atoms with Gasteiger partial charge in [-0.2, -0.15) is 0 Å². The van der Waals surface area contributed by atoms with Gasteiger partial charge in [0.25, 0.3) is 0 Å². The lowest BCUT2D eigenvalue weighted by atomic mass is 10.2. The predicted molar refractivity (Wildman–Crippen MR) is 35.1 cm³/mol. The van der Waals surface area contributed by atoms with Crippen LogP contribution in [0.1, 0.15) is 6.42 Å². The van der Waals surface area contributed by atoms with Gasteiger partial charge in [-0.15, -0.1) is 0 Å². The smallest absolute Gasteiger partial charge is 0.0589 e. The first kappa shape index (κ1) is 5.69. The molecule has 0 amide bonds. The van der Waals surface area contributed by atoms with E-state index in [1.807, 2.05) is 0 Å². The van der Waals surface area contributed by atoms with Crippen molar-refractivity contribution in [3.8, 4) is 0 Å². The van der Waals surface area contributed by atoms with Gasteiger partial charge in [0.2, 0.25) is 0 Å². The molecular formula is C7H13NO. The number of aliphatic hydroxyl groups excluding tert-OH is 1. The van der Waals surface area contributed by atoms with Crippen LogP contribution in [-0.2, 0) is 0 Å². The summed E-state index contributed by atoms with van der Waals surface area (Å²) in [6, 6.07) is 0.495. The van der Waals surface area contributed by atoms with E-state index in [0.717, 1.165) is 11.8 Å². The standard InChI is InChI=1S/C7H13NO/c1-8-3-5-2-6(5)7(8)4-9/h5-7,9H,2-4H2,1H3/t5?,6?,7-/m1/s1. The van der Waals surface area contributed by atoms with Crippen LogP contribution < -0.4 is 0 Å². The lowest BCUT2D eigenvalue weighted by molar-refractivity contribution is 0.160. The minimum absolute atomic E-state index is 0.359. The number of aliphatic hydroxyl groups is 1. The first-order chi connectivity index (χ1) is 4.33. The molecule has 0 aromatic heterocycles. The van der Waals surface area contributed by atoms with Crippen molar-refractivity contribution in [3.63, 3.8) is 0 Å². The van der Waals surface area contributed by atoms with E-state index < -0.39 is 0 Å². The lowest BCUT2D eigenvalue weighted by Gasteiger charge is -2.19. The first-order valence-corrected chi connectivity index (χ1v) is 3.64. The zero-order valence-corrected chi connectivity index (χ0v) is 5.75. The second kappa shape index (κ2) is 1.70. The molecule has 2 nitrogen and oxygen atoms in total. The molecule has 1 heterocycles. The second-order valence-electron chi connectivity index (χ2n) is 3.35. The van der Waals surface area contributed by atoms with E-state index in [0.29, 0.717) is 12.6 Å². The Labute approximate surface area is 55.5 Å². The Hall–Kier alpha value is -0.0800. The molecule has 1 saturated heterocycles. The van der Waals surface area contributed by atoms with Crippen LogP contribution in [0.4, 0.5) is 0 Å². The Morgan fingerprint density at radius 2 is 2.44 bits per heavy atom. The maximum absolute atomic E-state index is 8.89. The summed E-state index contributed by atoms with van der Waals surface area (Å²) in [5.74, 6) is 1.78. The fraction of sp³-hybridized carbons (Fsp3) is 1.00. The average molecular weight is 127 g/mol. The average Bonchev–Trinajstić information content (AvgIpc) is 2.45. The van der Waals surface area contributed by atoms with Gasteiger partial charge in [-0.3, -0.25) is 0 Å². The summed E-state index contributed by atoms with van der Waals surface area (Å²) in [6.07, 6.45) is 1.37. The molecule has 1 N–H and O–H groups in total. The number of nitrogens with zero attached hydrogens (tertiary/aromatic N) is 1. The van der Waals surface area contributed by atoms with Crippen LogP contribution in [-0.4, -0.2) is 36.2 Å². The molecule has 0 radical (unpaired) electrons. The van der Waals surface area contributed by atoms with Gasteiger partial charge in [0.05, 0.1) is 6.61 Å². The Bertz CT molecular complexity index is 124. The molecule has 2 fully saturated rings. The maximum atomic E-state index is 8.89. The summed E-state index contributed by atoms with van der Waals surface area (Å²) in [5.41, 5.74) is 0. The fourth-order valence-electron chi connectivity index (χ4n) is 2.06. The highest BCUT2D eigenvalue weighted by molar-refractivity contribution is 5.02. The highest BCUT2D eigenvalue weighted by Gasteiger charge is 2.50. The Balaban J connectivity index is 2.02. The van der Waals surface area contributed by atoms with E-state index in [1.54, 1.807) is 0 Å². The predicted octanol–water partition coefficient (Wildman–Crippen LogP) is -0.0712. The van der Waals surface area contributed by atoms with Gasteiger partial charge in [-0.1, -0.05) is 0 Å². The molecule has 2 aliphatic rings. The third-order valence-electron chi connectivity index (χ3n) is 2.75. The number of hydrogen-bond donors (Lipinski definition) is 1. The summed E-state index contributed by atoms with van der Waals surface area (Å²) >= 11 is 0. The number of likely N-dealkylation sites (N-methyl/N-ethyl adjacent to an activating group) is 1. The van der Waals surface area contributed by atoms with E-state index in [4.69, 9.17) is 5.11 Å². The van der Waals surface area contributed by atoms with E-state index in [9.17, 15) is 0 Å². The first-order valence-electron chi connectivity index (χ1n) is 3.64. The van der Waals surface area contributed by atoms with E-state index in [-0.39, 0.29) is 0 Å². The van der Waals surface area contributed by atoms with Crippen molar-refractivity contribution in [2.45, 2.75) is 12.5 Å². The van der Waals surface area contributed by atoms with Gasteiger partial charge in [-0.05, 0) is 25.3 Å². The molecule has 0 aromatic carbocycles. The topological polar surface area (TPSA) is 23.5 Å². The Morgan fingerprint density at radius 1 is 1.67 bits per heavy atom. The number of fused-ring (bicyclic) bond motifs is 1. The molecule has 2 heteroatoms. The van der Waals surface area contributed by atoms with Crippen LogP contribution in [0.2, 0.25) is 0 Å². The zero-order valence-electron chi connectivity index (χ0n) is 5.75. The van der Waals surface area contributed by atoms with Crippen molar-refractivity contribution < 1.29 is 5.11 Å². The number of hydrogen-bond acceptors (Lipinski definition) is 2. The van der Waals surface area contributed by atoms with Crippen molar-refractivity contribution in [1.29, 1.82) is 0 Å². The second-order valence-corrected chi connectivity index (χ2v) is 3.35. The quantitative estimate of drug-likeness (QED) is 0.533. The maximum Gasteiger partial charge on any atom is 0.0589 e. The molecule has 0 bridgehead atoms. The van der Waals surface area contributed by atoms with Gasteiger partial charge in [0.15, 0.2) is 0 Å². The molecule has 0 aromatic rings. The summed E-state index contributed by atoms with van der Waals surface area (Å²) < 4.78 is 0. The van der Waals surface area contributed by atoms with Crippen LogP contribution in [0.25, 0.3) is 0 Å². The SMILES string of the molecule is CN1CC2CC2[C@H]1CO. The van der Waals surface area contributed by atoms with Crippen LogP contribution in [0.5, 0.6) is 0 Å². The van der Waals surface area contributed by atoms with Crippen LogP contribution in [0.3, 0.4) is 0 Å². The Morgan fingerprint density at radius 3 is 2.78 bits per heavy atom. The molecule has 1 aliphatic carbocycles. The zero-order chi connectivity index (χ0) is 6.43. The van der Waals surface area contributed by atoms with Gasteiger partial charge in [0, 0.05) is 12.6 Å². The van der Waals surface area contributed by atoms with E-state index in [1.165, 1.54) is 13.0 Å². The monoisotopic (exact) mass is 127 g/mol. The highest BCUT2D eigenvalue weighted by Crippen LogP contribution is 2.48. The molecule has 9 heavy (non-hydrogen) atoms. The van der Waals surface area contributed by atoms with Crippen LogP contribution >= 0.6 is 0 Å². The highest BCUT2D eigenvalue weighted by atomic mass is 16.3. The van der Waals surface area contributed by atoms with Crippen LogP contribution in [0, 0.1) is 11.8 Å². The molecule has 1 aliphatic heterocycles. The minimum Gasteiger partial charge on any atom is -0.395 e. The van der Waals surface area contributed by atoms with E-state index >= 15 is 0 Å². The van der Waals surface area contributed by atoms with Crippen molar-refractivity contribution in [2.75, 3.05) is 20.2 Å². The van der Waals surface area contributed by atoms with E-state index in [2.05, 4.69) is 11.9 Å². The van der Waals surface area contributed by atoms with Crippen molar-refractivity contribution in [2.24, 2.45) is 11.8 Å². The summed E-state index contributed by atoms with van der Waals surface area (Å²) in [7, 11) is 2.10. The molecule has 2 rings (SSSR count). The molecular weight excluding hydrogens is 114 g/mol. The third-order valence-corrected chi connectivity index (χ3v) is 2.75. The largest absolute Gasteiger partial charge is 0.395 e. The molecule has 2 unspecified atom stereocenters. The minimum atomic E-state index is 0.359. The van der Waals surface area contributed by atoms with Crippen molar-refractivity contribution in [3.05, 3.63) is 0 Å². The normalized spacial score (nSPS) is 49.3. The number of likely N-dealkylation sites (tertiary alicyclic amines) is 1. The third kappa shape index (κ3) is 0.700. The molecule has 3 atom stereocenters. The Kier molecular flexibility index (Phi) is 1.08. The van der Waals surface area contributed by atoms with Gasteiger partial charge < -0.3 is 10.0 Å². The van der Waals surface area contributed by atoms with Crippen LogP contribution in [0.15, 0.2) is 0 Å². The fourth-order valence-corrected chi connectivity index (χ4v) is 2.06. The summed E-state index contributed by atoms with van der Waals surface area (Å²) in [5, 5.41) is 8.89. The van der Waals surface area contributed by atoms with Crippen molar-refractivity contribution >= 4 is 0 Å². The molecule has 1 saturated carbocycles. The summed E-state index contributed by atoms with van der Waals surface area (Å²) in [6.45, 7) is 1.58. The summed E-state index contributed by atoms with van der Waals surface area (Å²) in [4.78, 5) is 2.28. The van der Waals surface area contributed by atoms with Gasteiger partial charge in [-0.25, -0.2) is 0 Å². The number of rotatable bonds is 1. The van der Waals surface area contributed by atoms with Gasteiger partial charge >= 0.3 is 0 Å². The molecule has 0 spiro atoms. The number of piperidine rings is 1. The van der Waals surface area contributed by atoms with Gasteiger partial charge in [0.1, 0.15) is 0 Å². The van der Waals surface area contributed by atoms with Crippen molar-refractivity contribution in [1.82, 2.24) is 4.90 Å².